The van der Waals surface area contributed by atoms with Gasteiger partial charge in [0.1, 0.15) is 0 Å². The molecule has 0 aromatic heterocycles. The number of hydrogen-bond donors (Lipinski definition) is 0. The fourth-order valence-corrected chi connectivity index (χ4v) is 1.63. The number of hydrogen-bond acceptors (Lipinski definition) is 2. The predicted octanol–water partition coefficient (Wildman–Crippen LogP) is 2.98. The Morgan fingerprint density at radius 1 is 1.19 bits per heavy atom. The highest BCUT2D eigenvalue weighted by atomic mass is 15.1. The average Bonchev–Trinajstić information content (AvgIpc) is 2.29. The van der Waals surface area contributed by atoms with Crippen LogP contribution in [0.1, 0.15) is 31.9 Å². The topological polar surface area (TPSA) is 27.0 Å². The molecule has 1 aromatic carbocycles. The van der Waals surface area contributed by atoms with Gasteiger partial charge in [-0.25, -0.2) is 0 Å². The molecule has 0 saturated heterocycles. The van der Waals surface area contributed by atoms with Gasteiger partial charge in [0.2, 0.25) is 0 Å². The Bertz CT molecular complexity index is 346. The Morgan fingerprint density at radius 3 is 2.19 bits per heavy atom. The minimum absolute atomic E-state index is 0.408. The smallest absolute Gasteiger partial charge is 0.0871 e. The monoisotopic (exact) mass is 216 g/mol. The molecule has 0 atom stereocenters. The minimum atomic E-state index is 0.408. The second-order valence-corrected chi connectivity index (χ2v) is 4.33. The molecule has 0 fully saturated rings. The Balaban J connectivity index is 2.66. The largest absolute Gasteiger partial charge is 0.284 e. The van der Waals surface area contributed by atoms with Crippen LogP contribution in [-0.4, -0.2) is 17.5 Å². The van der Waals surface area contributed by atoms with Crippen molar-refractivity contribution in [3.63, 3.8) is 0 Å². The van der Waals surface area contributed by atoms with Crippen molar-refractivity contribution in [3.8, 4) is 6.07 Å². The van der Waals surface area contributed by atoms with E-state index in [0.29, 0.717) is 12.6 Å². The van der Waals surface area contributed by atoms with Crippen molar-refractivity contribution in [2.45, 2.75) is 39.8 Å². The van der Waals surface area contributed by atoms with Crippen LogP contribution in [0.5, 0.6) is 0 Å². The van der Waals surface area contributed by atoms with Crippen molar-refractivity contribution in [2.24, 2.45) is 0 Å². The summed E-state index contributed by atoms with van der Waals surface area (Å²) in [7, 11) is 0. The molecule has 0 bridgehead atoms. The van der Waals surface area contributed by atoms with Crippen LogP contribution >= 0.6 is 0 Å². The van der Waals surface area contributed by atoms with Crippen LogP contribution in [-0.2, 0) is 13.0 Å². The molecule has 0 unspecified atom stereocenters. The summed E-state index contributed by atoms with van der Waals surface area (Å²) in [5, 5.41) is 8.75. The molecule has 0 heterocycles. The molecule has 0 radical (unpaired) electrons. The molecular formula is C14H20N2. The number of nitriles is 1. The summed E-state index contributed by atoms with van der Waals surface area (Å²) in [4.78, 5) is 2.17. The zero-order valence-electron chi connectivity index (χ0n) is 10.4. The Hall–Kier alpha value is -1.33. The fraction of sp³-hybridized carbons (Fsp3) is 0.500. The summed E-state index contributed by atoms with van der Waals surface area (Å²) in [6.45, 7) is 7.75. The van der Waals surface area contributed by atoms with Gasteiger partial charge >= 0.3 is 0 Å². The molecule has 0 amide bonds. The molecule has 0 aliphatic heterocycles. The predicted molar refractivity (Wildman–Crippen MR) is 67.0 cm³/mol. The normalized spacial score (nSPS) is 10.8. The Kier molecular flexibility index (Phi) is 5.01. The maximum Gasteiger partial charge on any atom is 0.0871 e. The summed E-state index contributed by atoms with van der Waals surface area (Å²) in [6.07, 6.45) is 1.08. The minimum Gasteiger partial charge on any atom is -0.284 e. The summed E-state index contributed by atoms with van der Waals surface area (Å²) < 4.78 is 0. The van der Waals surface area contributed by atoms with E-state index in [9.17, 15) is 0 Å². The first kappa shape index (κ1) is 12.7. The molecule has 0 saturated carbocycles. The molecule has 0 aliphatic rings. The molecule has 1 rings (SSSR count). The van der Waals surface area contributed by atoms with Gasteiger partial charge in [0.05, 0.1) is 12.6 Å². The maximum atomic E-state index is 8.75. The Labute approximate surface area is 98.5 Å². The van der Waals surface area contributed by atoms with Crippen molar-refractivity contribution in [3.05, 3.63) is 35.4 Å². The highest BCUT2D eigenvalue weighted by Crippen LogP contribution is 2.10. The molecule has 0 aliphatic carbocycles. The van der Waals surface area contributed by atoms with Gasteiger partial charge in [-0.15, -0.1) is 0 Å². The third kappa shape index (κ3) is 3.67. The van der Waals surface area contributed by atoms with Crippen LogP contribution in [0.15, 0.2) is 24.3 Å². The molecule has 1 aromatic rings. The van der Waals surface area contributed by atoms with E-state index < -0.39 is 0 Å². The summed E-state index contributed by atoms with van der Waals surface area (Å²) in [5.74, 6) is 0. The summed E-state index contributed by atoms with van der Waals surface area (Å²) in [5.41, 5.74) is 2.64. The first-order chi connectivity index (χ1) is 7.67. The zero-order chi connectivity index (χ0) is 12.0. The molecule has 0 spiro atoms. The van der Waals surface area contributed by atoms with E-state index in [0.717, 1.165) is 13.0 Å². The van der Waals surface area contributed by atoms with E-state index in [-0.39, 0.29) is 0 Å². The second kappa shape index (κ2) is 6.30. The summed E-state index contributed by atoms with van der Waals surface area (Å²) >= 11 is 0. The van der Waals surface area contributed by atoms with Gasteiger partial charge in [0.25, 0.3) is 0 Å². The lowest BCUT2D eigenvalue weighted by Gasteiger charge is -2.23. The Morgan fingerprint density at radius 2 is 1.75 bits per heavy atom. The SMILES string of the molecule is CCc1ccc(CN(CC#N)C(C)C)cc1. The van der Waals surface area contributed by atoms with Gasteiger partial charge in [0, 0.05) is 12.6 Å². The van der Waals surface area contributed by atoms with E-state index in [4.69, 9.17) is 5.26 Å². The van der Waals surface area contributed by atoms with Gasteiger partial charge in [-0.3, -0.25) is 4.90 Å². The third-order valence-corrected chi connectivity index (χ3v) is 2.82. The van der Waals surface area contributed by atoms with Gasteiger partial charge < -0.3 is 0 Å². The van der Waals surface area contributed by atoms with Gasteiger partial charge in [-0.05, 0) is 31.4 Å². The average molecular weight is 216 g/mol. The lowest BCUT2D eigenvalue weighted by atomic mass is 10.1. The van der Waals surface area contributed by atoms with Crippen LogP contribution < -0.4 is 0 Å². The van der Waals surface area contributed by atoms with E-state index in [1.165, 1.54) is 11.1 Å². The highest BCUT2D eigenvalue weighted by Gasteiger charge is 2.08. The number of nitrogens with zero attached hydrogens (tertiary/aromatic N) is 2. The summed E-state index contributed by atoms with van der Waals surface area (Å²) in [6, 6.07) is 11.3. The molecular weight excluding hydrogens is 196 g/mol. The van der Waals surface area contributed by atoms with Crippen LogP contribution in [0, 0.1) is 11.3 Å². The molecule has 86 valence electrons. The van der Waals surface area contributed by atoms with Crippen molar-refractivity contribution in [2.75, 3.05) is 6.54 Å². The molecule has 2 nitrogen and oxygen atoms in total. The lowest BCUT2D eigenvalue weighted by molar-refractivity contribution is 0.240. The number of aryl methyl sites for hydroxylation is 1. The zero-order valence-corrected chi connectivity index (χ0v) is 10.4. The number of rotatable bonds is 5. The van der Waals surface area contributed by atoms with Crippen molar-refractivity contribution in [1.29, 1.82) is 5.26 Å². The van der Waals surface area contributed by atoms with Gasteiger partial charge in [-0.2, -0.15) is 5.26 Å². The van der Waals surface area contributed by atoms with Gasteiger partial charge in [0.15, 0.2) is 0 Å². The second-order valence-electron chi connectivity index (χ2n) is 4.33. The van der Waals surface area contributed by atoms with Gasteiger partial charge in [-0.1, -0.05) is 31.2 Å². The van der Waals surface area contributed by atoms with Crippen molar-refractivity contribution in [1.82, 2.24) is 4.90 Å². The van der Waals surface area contributed by atoms with Crippen LogP contribution in [0.3, 0.4) is 0 Å². The van der Waals surface area contributed by atoms with Crippen molar-refractivity contribution < 1.29 is 0 Å². The standard InChI is InChI=1S/C14H20N2/c1-4-13-5-7-14(8-6-13)11-16(10-9-15)12(2)3/h5-8,12H,4,10-11H2,1-3H3. The van der Waals surface area contributed by atoms with E-state index in [1.54, 1.807) is 0 Å². The lowest BCUT2D eigenvalue weighted by Crippen LogP contribution is -2.30. The fourth-order valence-electron chi connectivity index (χ4n) is 1.63. The molecule has 2 heteroatoms. The molecule has 0 N–H and O–H groups in total. The van der Waals surface area contributed by atoms with Crippen LogP contribution in [0.4, 0.5) is 0 Å². The number of benzene rings is 1. The maximum absolute atomic E-state index is 8.75. The quantitative estimate of drug-likeness (QED) is 0.707. The molecule has 16 heavy (non-hydrogen) atoms. The van der Waals surface area contributed by atoms with E-state index >= 15 is 0 Å². The van der Waals surface area contributed by atoms with Crippen LogP contribution in [0.25, 0.3) is 0 Å². The third-order valence-electron chi connectivity index (χ3n) is 2.82. The first-order valence-electron chi connectivity index (χ1n) is 5.86. The van der Waals surface area contributed by atoms with E-state index in [2.05, 4.69) is 56.0 Å². The van der Waals surface area contributed by atoms with E-state index in [1.807, 2.05) is 0 Å². The highest BCUT2D eigenvalue weighted by molar-refractivity contribution is 5.22. The van der Waals surface area contributed by atoms with Crippen LogP contribution in [0.2, 0.25) is 0 Å². The van der Waals surface area contributed by atoms with Crippen molar-refractivity contribution >= 4 is 0 Å². The first-order valence-corrected chi connectivity index (χ1v) is 5.86.